The lowest BCUT2D eigenvalue weighted by molar-refractivity contribution is -0.147. The maximum atomic E-state index is 12.8. The highest BCUT2D eigenvalue weighted by Crippen LogP contribution is 2.08. The van der Waals surface area contributed by atoms with Gasteiger partial charge in [0.2, 0.25) is 17.7 Å². The van der Waals surface area contributed by atoms with Crippen LogP contribution in [0.4, 0.5) is 0 Å². The van der Waals surface area contributed by atoms with E-state index in [9.17, 15) is 24.0 Å². The number of rotatable bonds is 15. The Bertz CT molecular complexity index is 656. The van der Waals surface area contributed by atoms with Crippen LogP contribution < -0.4 is 16.0 Å². The van der Waals surface area contributed by atoms with Crippen molar-refractivity contribution in [3.63, 3.8) is 0 Å². The van der Waals surface area contributed by atoms with Crippen molar-refractivity contribution in [1.82, 2.24) is 16.0 Å². The van der Waals surface area contributed by atoms with Crippen LogP contribution >= 0.6 is 11.8 Å². The summed E-state index contributed by atoms with van der Waals surface area (Å²) in [5.41, 5.74) is 0. The molecular weight excluding hydrogens is 424 g/mol. The fourth-order valence-electron chi connectivity index (χ4n) is 2.70. The molecule has 0 saturated carbocycles. The first-order valence-electron chi connectivity index (χ1n) is 10.1. The van der Waals surface area contributed by atoms with Gasteiger partial charge in [0.05, 0.1) is 12.8 Å². The van der Waals surface area contributed by atoms with Crippen molar-refractivity contribution in [3.8, 4) is 0 Å². The molecule has 0 aromatic carbocycles. The lowest BCUT2D eigenvalue weighted by atomic mass is 10.0. The van der Waals surface area contributed by atoms with Gasteiger partial charge in [-0.3, -0.25) is 19.2 Å². The molecule has 0 aliphatic rings. The van der Waals surface area contributed by atoms with Gasteiger partial charge in [0, 0.05) is 19.1 Å². The highest BCUT2D eigenvalue weighted by Gasteiger charge is 2.30. The minimum Gasteiger partial charge on any atom is -0.464 e. The first kappa shape index (κ1) is 28.6. The van der Waals surface area contributed by atoms with Crippen molar-refractivity contribution in [2.45, 2.75) is 65.1 Å². The van der Waals surface area contributed by atoms with Crippen molar-refractivity contribution in [3.05, 3.63) is 0 Å². The van der Waals surface area contributed by atoms with Gasteiger partial charge in [-0.15, -0.1) is 0 Å². The lowest BCUT2D eigenvalue weighted by Gasteiger charge is -2.25. The van der Waals surface area contributed by atoms with Gasteiger partial charge < -0.3 is 26.1 Å². The van der Waals surface area contributed by atoms with Crippen LogP contribution in [0.5, 0.6) is 0 Å². The Labute approximate surface area is 187 Å². The van der Waals surface area contributed by atoms with Crippen LogP contribution in [-0.4, -0.2) is 72.4 Å². The number of hydrogen-bond donors (Lipinski definition) is 4. The van der Waals surface area contributed by atoms with E-state index in [-0.39, 0.29) is 37.0 Å². The first-order valence-corrected chi connectivity index (χ1v) is 11.5. The monoisotopic (exact) mass is 458 g/mol. The molecule has 0 fully saturated rings. The summed E-state index contributed by atoms with van der Waals surface area (Å²) in [6, 6.07) is -2.89. The smallest absolute Gasteiger partial charge is 0.329 e. The van der Waals surface area contributed by atoms with Crippen molar-refractivity contribution in [1.29, 1.82) is 5.41 Å². The summed E-state index contributed by atoms with van der Waals surface area (Å²) in [6.45, 7) is 6.88. The van der Waals surface area contributed by atoms with Gasteiger partial charge in [-0.1, -0.05) is 13.8 Å². The molecule has 0 aromatic rings. The molecule has 0 radical (unpaired) electrons. The quantitative estimate of drug-likeness (QED) is 0.205. The number of ketones is 1. The number of Topliss-reactive ketones (excluding diaryl/α,β-unsaturated/α-hetero) is 1. The third kappa shape index (κ3) is 12.1. The molecule has 0 aliphatic carbocycles. The first-order chi connectivity index (χ1) is 14.5. The molecule has 4 N–H and O–H groups in total. The zero-order valence-electron chi connectivity index (χ0n) is 18.8. The number of carbonyl (C=O) groups excluding carboxylic acids is 5. The van der Waals surface area contributed by atoms with E-state index in [4.69, 9.17) is 10.1 Å². The van der Waals surface area contributed by atoms with Gasteiger partial charge >= 0.3 is 5.97 Å². The molecule has 0 spiro atoms. The van der Waals surface area contributed by atoms with E-state index in [1.54, 1.807) is 13.2 Å². The number of thioether (sulfide) groups is 1. The molecule has 0 aliphatic heterocycles. The van der Waals surface area contributed by atoms with Gasteiger partial charge in [-0.25, -0.2) is 4.79 Å². The fraction of sp³-hybridized carbons (Fsp3) is 0.700. The van der Waals surface area contributed by atoms with Crippen LogP contribution in [0.2, 0.25) is 0 Å². The van der Waals surface area contributed by atoms with E-state index in [2.05, 4.69) is 16.0 Å². The minimum absolute atomic E-state index is 0.0604. The Morgan fingerprint density at radius 3 is 2.06 bits per heavy atom. The maximum Gasteiger partial charge on any atom is 0.329 e. The molecule has 0 bridgehead atoms. The summed E-state index contributed by atoms with van der Waals surface area (Å²) in [5, 5.41) is 14.7. The molecule has 176 valence electrons. The second-order valence-corrected chi connectivity index (χ2v) is 8.27. The normalized spacial score (nSPS) is 13.5. The molecule has 11 heteroatoms. The number of amides is 3. The Balaban J connectivity index is 5.49. The molecule has 3 amide bonds. The Morgan fingerprint density at radius 2 is 1.58 bits per heavy atom. The zero-order chi connectivity index (χ0) is 24.0. The van der Waals surface area contributed by atoms with Crippen LogP contribution in [-0.2, 0) is 28.7 Å². The summed E-state index contributed by atoms with van der Waals surface area (Å²) in [4.78, 5) is 60.7. The predicted octanol–water partition coefficient (Wildman–Crippen LogP) is 0.432. The average Bonchev–Trinajstić information content (AvgIpc) is 2.69. The molecule has 0 rings (SSSR count). The SMILES string of the molecule is CCOC(=O)C(CSC)NC(=O)[C@H](CCC(=O)C=N)NC(=O)[C@H](CC(C)C)NC(C)=O. The Morgan fingerprint density at radius 1 is 1.00 bits per heavy atom. The number of esters is 1. The number of ether oxygens (including phenoxy) is 1. The third-order valence-corrected chi connectivity index (χ3v) is 4.76. The third-order valence-electron chi connectivity index (χ3n) is 4.10. The summed E-state index contributed by atoms with van der Waals surface area (Å²) >= 11 is 1.34. The summed E-state index contributed by atoms with van der Waals surface area (Å²) in [5.74, 6) is -2.33. The molecule has 0 aromatic heterocycles. The molecule has 3 atom stereocenters. The van der Waals surface area contributed by atoms with Gasteiger partial charge in [0.25, 0.3) is 0 Å². The van der Waals surface area contributed by atoms with Crippen molar-refractivity contribution >= 4 is 47.5 Å². The topological polar surface area (TPSA) is 155 Å². The van der Waals surface area contributed by atoms with Gasteiger partial charge in [-0.2, -0.15) is 11.8 Å². The summed E-state index contributed by atoms with van der Waals surface area (Å²) in [6.07, 6.45) is 2.57. The van der Waals surface area contributed by atoms with Gasteiger partial charge in [0.15, 0.2) is 5.78 Å². The highest BCUT2D eigenvalue weighted by molar-refractivity contribution is 7.98. The highest BCUT2D eigenvalue weighted by atomic mass is 32.2. The predicted molar refractivity (Wildman–Crippen MR) is 119 cm³/mol. The second-order valence-electron chi connectivity index (χ2n) is 7.36. The zero-order valence-corrected chi connectivity index (χ0v) is 19.6. The van der Waals surface area contributed by atoms with Crippen LogP contribution in [0.1, 0.15) is 47.0 Å². The van der Waals surface area contributed by atoms with Crippen molar-refractivity contribution < 1.29 is 28.7 Å². The fourth-order valence-corrected chi connectivity index (χ4v) is 3.25. The van der Waals surface area contributed by atoms with E-state index in [1.807, 2.05) is 13.8 Å². The van der Waals surface area contributed by atoms with Crippen LogP contribution in [0.15, 0.2) is 0 Å². The summed E-state index contributed by atoms with van der Waals surface area (Å²) in [7, 11) is 0. The minimum atomic E-state index is -1.13. The maximum absolute atomic E-state index is 12.8. The number of nitrogens with one attached hydrogen (secondary N) is 4. The van der Waals surface area contributed by atoms with E-state index in [0.29, 0.717) is 12.6 Å². The van der Waals surface area contributed by atoms with Crippen molar-refractivity contribution in [2.75, 3.05) is 18.6 Å². The van der Waals surface area contributed by atoms with Gasteiger partial charge in [0.1, 0.15) is 18.1 Å². The van der Waals surface area contributed by atoms with Crippen LogP contribution in [0, 0.1) is 11.3 Å². The molecule has 1 unspecified atom stereocenters. The summed E-state index contributed by atoms with van der Waals surface area (Å²) < 4.78 is 4.97. The Hall–Kier alpha value is -2.43. The van der Waals surface area contributed by atoms with Gasteiger partial charge in [-0.05, 0) is 31.9 Å². The molecular formula is C20H34N4O6S. The number of hydrogen-bond acceptors (Lipinski definition) is 8. The second kappa shape index (κ2) is 15.4. The van der Waals surface area contributed by atoms with E-state index in [0.717, 1.165) is 0 Å². The standard InChI is InChI=1S/C20H34N4O6S/c1-6-30-20(29)17(11-31-5)24-18(27)15(8-7-14(26)10-21)23-19(28)16(9-12(2)3)22-13(4)25/h10,12,15-17,21H,6-9,11H2,1-5H3,(H,22,25)(H,23,28)(H,24,27)/t15-,16-,17?/m0/s1. The van der Waals surface area contributed by atoms with E-state index < -0.39 is 41.7 Å². The Kier molecular flexibility index (Phi) is 14.2. The van der Waals surface area contributed by atoms with Crippen LogP contribution in [0.3, 0.4) is 0 Å². The molecule has 0 heterocycles. The largest absolute Gasteiger partial charge is 0.464 e. The molecule has 0 saturated heterocycles. The van der Waals surface area contributed by atoms with Crippen LogP contribution in [0.25, 0.3) is 0 Å². The number of carbonyl (C=O) groups is 5. The molecule has 10 nitrogen and oxygen atoms in total. The van der Waals surface area contributed by atoms with E-state index in [1.165, 1.54) is 18.7 Å². The van der Waals surface area contributed by atoms with Crippen molar-refractivity contribution in [2.24, 2.45) is 5.92 Å². The molecule has 31 heavy (non-hydrogen) atoms. The average molecular weight is 459 g/mol. The lowest BCUT2D eigenvalue weighted by Crippen LogP contribution is -2.56. The van der Waals surface area contributed by atoms with E-state index >= 15 is 0 Å².